The van der Waals surface area contributed by atoms with Crippen molar-refractivity contribution in [2.45, 2.75) is 0 Å². The molecule has 300 valence electrons. The first kappa shape index (κ1) is 36.2. The maximum Gasteiger partial charge on any atom is 0.164 e. The molecule has 14 aromatic rings. The van der Waals surface area contributed by atoms with E-state index in [0.29, 0.717) is 17.5 Å². The molecule has 0 aliphatic rings. The molecule has 0 radical (unpaired) electrons. The van der Waals surface area contributed by atoms with Crippen LogP contribution in [0.1, 0.15) is 0 Å². The molecule has 0 aliphatic heterocycles. The Hall–Kier alpha value is -8.31. The van der Waals surface area contributed by atoms with Crippen LogP contribution in [0, 0.1) is 0 Å². The van der Waals surface area contributed by atoms with Gasteiger partial charge in [0.05, 0.1) is 0 Å². The fraction of sp³-hybridized carbons (Fsp3) is 0. The summed E-state index contributed by atoms with van der Waals surface area (Å²) in [6, 6.07) is 77.1. The van der Waals surface area contributed by atoms with E-state index >= 15 is 0 Å². The van der Waals surface area contributed by atoms with Crippen LogP contribution in [-0.4, -0.2) is 15.0 Å². The van der Waals surface area contributed by atoms with E-state index in [4.69, 9.17) is 15.0 Å². The van der Waals surface area contributed by atoms with Crippen LogP contribution in [0.5, 0.6) is 0 Å². The van der Waals surface area contributed by atoms with Crippen molar-refractivity contribution in [1.82, 2.24) is 15.0 Å². The molecule has 2 aromatic heterocycles. The van der Waals surface area contributed by atoms with E-state index in [1.54, 1.807) is 11.3 Å². The van der Waals surface area contributed by atoms with Gasteiger partial charge in [-0.3, -0.25) is 0 Å². The topological polar surface area (TPSA) is 38.7 Å². The largest absolute Gasteiger partial charge is 0.208 e. The Labute approximate surface area is 377 Å². The summed E-state index contributed by atoms with van der Waals surface area (Å²) in [7, 11) is 0. The van der Waals surface area contributed by atoms with Crippen LogP contribution in [0.2, 0.25) is 0 Å². The van der Waals surface area contributed by atoms with E-state index in [1.807, 2.05) is 18.2 Å². The van der Waals surface area contributed by atoms with Crippen molar-refractivity contribution in [2.24, 2.45) is 0 Å². The van der Waals surface area contributed by atoms with Gasteiger partial charge in [-0.1, -0.05) is 182 Å². The maximum atomic E-state index is 5.36. The molecule has 0 spiro atoms. The van der Waals surface area contributed by atoms with Gasteiger partial charge in [0.1, 0.15) is 0 Å². The monoisotopic (exact) mass is 841 g/mol. The average molecular weight is 842 g/mol. The second-order valence-corrected chi connectivity index (χ2v) is 18.1. The molecule has 12 aromatic carbocycles. The fourth-order valence-corrected chi connectivity index (χ4v) is 11.6. The molecule has 3 nitrogen and oxygen atoms in total. The number of rotatable bonds is 5. The molecule has 0 unspecified atom stereocenters. The van der Waals surface area contributed by atoms with Crippen LogP contribution in [-0.2, 0) is 0 Å². The highest BCUT2D eigenvalue weighted by Gasteiger charge is 2.21. The van der Waals surface area contributed by atoms with Crippen LogP contribution >= 0.6 is 11.3 Å². The SMILES string of the molecule is c1ccc(-c2nc(-c3ccccc3-c3cc4ccccc4s3)nc(-c3ccc(-c4cc5ccc6cccc7c8cccc9ccc%10cccc(c(c4)c5c67)c%10c98)c4ccccc34)n2)cc1. The molecular formula is C61H35N3S. The summed E-state index contributed by atoms with van der Waals surface area (Å²) in [4.78, 5) is 17.0. The number of hydrogen-bond donors (Lipinski definition) is 0. The lowest BCUT2D eigenvalue weighted by Gasteiger charge is -2.18. The Morgan fingerprint density at radius 2 is 0.754 bits per heavy atom. The highest BCUT2D eigenvalue weighted by atomic mass is 32.1. The fourth-order valence-electron chi connectivity index (χ4n) is 10.5. The van der Waals surface area contributed by atoms with E-state index in [0.717, 1.165) is 38.6 Å². The first-order valence-electron chi connectivity index (χ1n) is 22.1. The van der Waals surface area contributed by atoms with Crippen molar-refractivity contribution in [3.63, 3.8) is 0 Å². The van der Waals surface area contributed by atoms with Gasteiger partial charge in [0, 0.05) is 31.8 Å². The van der Waals surface area contributed by atoms with Gasteiger partial charge in [0.15, 0.2) is 17.5 Å². The zero-order valence-electron chi connectivity index (χ0n) is 35.0. The highest BCUT2D eigenvalue weighted by molar-refractivity contribution is 7.22. The van der Waals surface area contributed by atoms with Gasteiger partial charge in [-0.05, 0) is 122 Å². The minimum Gasteiger partial charge on any atom is -0.208 e. The Bertz CT molecular complexity index is 4210. The summed E-state index contributed by atoms with van der Waals surface area (Å²) >= 11 is 1.79. The maximum absolute atomic E-state index is 5.36. The van der Waals surface area contributed by atoms with Crippen LogP contribution in [0.25, 0.3) is 141 Å². The van der Waals surface area contributed by atoms with Crippen LogP contribution in [0.15, 0.2) is 212 Å². The van der Waals surface area contributed by atoms with Gasteiger partial charge in [-0.15, -0.1) is 11.3 Å². The summed E-state index contributed by atoms with van der Waals surface area (Å²) in [6.45, 7) is 0. The van der Waals surface area contributed by atoms with E-state index < -0.39 is 0 Å². The lowest BCUT2D eigenvalue weighted by atomic mass is 9.86. The number of hydrogen-bond acceptors (Lipinski definition) is 4. The molecule has 0 fully saturated rings. The summed E-state index contributed by atoms with van der Waals surface area (Å²) in [5.74, 6) is 1.93. The zero-order chi connectivity index (χ0) is 42.6. The highest BCUT2D eigenvalue weighted by Crippen LogP contribution is 2.46. The van der Waals surface area contributed by atoms with E-state index in [1.165, 1.54) is 85.2 Å². The normalized spacial score (nSPS) is 12.0. The van der Waals surface area contributed by atoms with Gasteiger partial charge in [-0.2, -0.15) is 0 Å². The predicted octanol–water partition coefficient (Wildman–Crippen LogP) is 16.9. The van der Waals surface area contributed by atoms with Crippen molar-refractivity contribution in [2.75, 3.05) is 0 Å². The number of nitrogens with zero attached hydrogens (tertiary/aromatic N) is 3. The van der Waals surface area contributed by atoms with Gasteiger partial charge >= 0.3 is 0 Å². The van der Waals surface area contributed by atoms with Gasteiger partial charge in [-0.25, -0.2) is 15.0 Å². The molecule has 2 heterocycles. The van der Waals surface area contributed by atoms with Gasteiger partial charge in [0.2, 0.25) is 0 Å². The third-order valence-electron chi connectivity index (χ3n) is 13.4. The molecule has 0 N–H and O–H groups in total. The standard InChI is InChI=1S/C61H35N3S/c1-2-13-39(14-3-1)59-62-60(50-22-8-7-21-46(50)54-35-40-15-4-9-26-53(40)65-54)64-61(63-59)51-32-31-43(44-19-5-6-20-45(44)51)42-33-41-30-29-38-17-11-24-48-47-23-10-16-36-27-28-37-18-12-25-49(57(37)55(36)47)52(34-42)58(41)56(38)48/h1-35H. The van der Waals surface area contributed by atoms with E-state index in [9.17, 15) is 0 Å². The first-order valence-corrected chi connectivity index (χ1v) is 22.9. The molecule has 65 heavy (non-hydrogen) atoms. The zero-order valence-corrected chi connectivity index (χ0v) is 35.8. The minimum atomic E-state index is 0.640. The van der Waals surface area contributed by atoms with Crippen molar-refractivity contribution in [3.8, 4) is 55.7 Å². The summed E-state index contributed by atoms with van der Waals surface area (Å²) in [5.41, 5.74) is 6.32. The van der Waals surface area contributed by atoms with Crippen LogP contribution in [0.3, 0.4) is 0 Å². The lowest BCUT2D eigenvalue weighted by Crippen LogP contribution is -2.01. The molecule has 14 rings (SSSR count). The van der Waals surface area contributed by atoms with E-state index in [2.05, 4.69) is 194 Å². The summed E-state index contributed by atoms with van der Waals surface area (Å²) < 4.78 is 1.25. The van der Waals surface area contributed by atoms with Crippen molar-refractivity contribution in [3.05, 3.63) is 212 Å². The number of thiophene rings is 1. The Morgan fingerprint density at radius 3 is 1.45 bits per heavy atom. The molecule has 0 atom stereocenters. The third kappa shape index (κ3) is 5.58. The predicted molar refractivity (Wildman–Crippen MR) is 276 cm³/mol. The molecule has 0 amide bonds. The average Bonchev–Trinajstić information content (AvgIpc) is 3.81. The second-order valence-electron chi connectivity index (χ2n) is 17.0. The van der Waals surface area contributed by atoms with Crippen molar-refractivity contribution in [1.29, 1.82) is 0 Å². The lowest BCUT2D eigenvalue weighted by molar-refractivity contribution is 1.08. The van der Waals surface area contributed by atoms with E-state index in [-0.39, 0.29) is 0 Å². The smallest absolute Gasteiger partial charge is 0.164 e. The minimum absolute atomic E-state index is 0.640. The summed E-state index contributed by atoms with van der Waals surface area (Å²) in [6.07, 6.45) is 0. The van der Waals surface area contributed by atoms with Crippen LogP contribution in [0.4, 0.5) is 0 Å². The van der Waals surface area contributed by atoms with Gasteiger partial charge < -0.3 is 0 Å². The molecular weight excluding hydrogens is 807 g/mol. The quantitative estimate of drug-likeness (QED) is 0.162. The summed E-state index contributed by atoms with van der Waals surface area (Å²) in [5, 5.41) is 18.7. The Kier molecular flexibility index (Phi) is 7.85. The van der Waals surface area contributed by atoms with Crippen molar-refractivity contribution < 1.29 is 0 Å². The Balaban J connectivity index is 1.01. The molecule has 0 saturated carbocycles. The Morgan fingerprint density at radius 1 is 0.262 bits per heavy atom. The number of benzene rings is 11. The number of aromatic nitrogens is 3. The third-order valence-corrected chi connectivity index (χ3v) is 14.6. The van der Waals surface area contributed by atoms with Crippen LogP contribution < -0.4 is 0 Å². The second kappa shape index (κ2) is 14.1. The molecule has 4 heteroatoms. The van der Waals surface area contributed by atoms with Crippen molar-refractivity contribution >= 4 is 96.8 Å². The molecule has 0 bridgehead atoms. The molecule has 0 aliphatic carbocycles. The number of fused-ring (bicyclic) bond motifs is 4. The van der Waals surface area contributed by atoms with Gasteiger partial charge in [0.25, 0.3) is 0 Å². The first-order chi connectivity index (χ1) is 32.2. The molecule has 0 saturated heterocycles.